The summed E-state index contributed by atoms with van der Waals surface area (Å²) in [4.78, 5) is 25.5. The highest BCUT2D eigenvalue weighted by atomic mass is 19.4. The van der Waals surface area contributed by atoms with Crippen molar-refractivity contribution in [3.63, 3.8) is 0 Å². The van der Waals surface area contributed by atoms with Crippen LogP contribution < -0.4 is 10.3 Å². The monoisotopic (exact) mass is 621 g/mol. The van der Waals surface area contributed by atoms with Crippen LogP contribution in [-0.4, -0.2) is 27.8 Å². The smallest absolute Gasteiger partial charge is 0.416 e. The third kappa shape index (κ3) is 5.50. The number of nitrogens with one attached hydrogen (secondary N) is 1. The molecule has 4 aromatic rings. The van der Waals surface area contributed by atoms with Crippen molar-refractivity contribution in [2.75, 3.05) is 10.3 Å². The van der Waals surface area contributed by atoms with E-state index in [1.165, 1.54) is 0 Å². The molecule has 0 unspecified atom stereocenters. The third-order valence-electron chi connectivity index (χ3n) is 6.55. The van der Waals surface area contributed by atoms with E-state index in [-0.39, 0.29) is 28.1 Å². The van der Waals surface area contributed by atoms with Crippen LogP contribution in [-0.2, 0) is 17.1 Å². The van der Waals surface area contributed by atoms with Gasteiger partial charge in [-0.2, -0.15) is 31.4 Å². The highest BCUT2D eigenvalue weighted by Gasteiger charge is 2.39. The van der Waals surface area contributed by atoms with Gasteiger partial charge in [-0.15, -0.1) is 0 Å². The van der Waals surface area contributed by atoms with Crippen molar-refractivity contribution in [2.24, 2.45) is 5.10 Å². The molecule has 0 aromatic heterocycles. The molecule has 4 aromatic carbocycles. The molecule has 0 saturated carbocycles. The predicted molar refractivity (Wildman–Crippen MR) is 141 cm³/mol. The number of aromatic hydroxyl groups is 1. The number of benzene rings is 4. The van der Waals surface area contributed by atoms with E-state index in [2.05, 4.69) is 10.5 Å². The first kappa shape index (κ1) is 30.0. The van der Waals surface area contributed by atoms with Gasteiger partial charge < -0.3 is 10.2 Å². The molecular formula is C29H15F8N3O4. The van der Waals surface area contributed by atoms with Gasteiger partial charge in [-0.3, -0.25) is 15.1 Å². The fraction of sp³-hybridized carbons (Fsp3) is 0.0690. The Kier molecular flexibility index (Phi) is 7.27. The van der Waals surface area contributed by atoms with Crippen LogP contribution in [0.2, 0.25) is 0 Å². The van der Waals surface area contributed by atoms with E-state index in [0.29, 0.717) is 29.2 Å². The van der Waals surface area contributed by atoms with Crippen molar-refractivity contribution in [3.8, 4) is 16.9 Å². The number of carbonyl (C=O) groups excluding carboxylic acids is 1. The quantitative estimate of drug-likeness (QED) is 0.121. The minimum atomic E-state index is -4.84. The average molecular weight is 621 g/mol. The first-order valence-corrected chi connectivity index (χ1v) is 12.2. The number of phenols is 1. The summed E-state index contributed by atoms with van der Waals surface area (Å²) < 4.78 is 108. The molecule has 1 aliphatic heterocycles. The van der Waals surface area contributed by atoms with Gasteiger partial charge in [-0.25, -0.2) is 13.6 Å². The number of fused-ring (bicyclic) bond motifs is 1. The van der Waals surface area contributed by atoms with Crippen LogP contribution in [0.4, 0.5) is 52.2 Å². The molecular weight excluding hydrogens is 606 g/mol. The molecule has 0 fully saturated rings. The van der Waals surface area contributed by atoms with Crippen LogP contribution >= 0.6 is 0 Å². The fourth-order valence-corrected chi connectivity index (χ4v) is 4.46. The maximum absolute atomic E-state index is 14.6. The number of aromatic carboxylic acids is 1. The number of phenolic OH excluding ortho intramolecular Hbond substituents is 1. The van der Waals surface area contributed by atoms with Crippen molar-refractivity contribution in [1.82, 2.24) is 0 Å². The molecule has 7 nitrogen and oxygen atoms in total. The van der Waals surface area contributed by atoms with Crippen molar-refractivity contribution in [1.29, 1.82) is 0 Å². The molecule has 0 atom stereocenters. The Balaban J connectivity index is 1.58. The number of hydrazone groups is 1. The number of carboxylic acid groups (broad SMARTS) is 1. The van der Waals surface area contributed by atoms with Gasteiger partial charge in [0.15, 0.2) is 5.71 Å². The lowest BCUT2D eigenvalue weighted by Crippen LogP contribution is -2.26. The molecule has 1 aliphatic rings. The summed E-state index contributed by atoms with van der Waals surface area (Å²) in [5, 5.41) is 23.9. The Morgan fingerprint density at radius 2 is 1.43 bits per heavy atom. The van der Waals surface area contributed by atoms with Crippen LogP contribution in [0.3, 0.4) is 0 Å². The molecule has 0 aliphatic carbocycles. The number of carbonyl (C=O) groups is 2. The molecule has 3 N–H and O–H groups in total. The minimum absolute atomic E-state index is 0.105. The fourth-order valence-electron chi connectivity index (χ4n) is 4.46. The van der Waals surface area contributed by atoms with Crippen LogP contribution in [0.1, 0.15) is 27.0 Å². The highest BCUT2D eigenvalue weighted by Crippen LogP contribution is 2.42. The molecule has 1 heterocycles. The van der Waals surface area contributed by atoms with Crippen molar-refractivity contribution in [3.05, 3.63) is 107 Å². The number of hydrogen-bond donors (Lipinski definition) is 3. The number of alkyl halides is 6. The second kappa shape index (κ2) is 10.7. The Bertz CT molecular complexity index is 1850. The second-order valence-electron chi connectivity index (χ2n) is 9.34. The predicted octanol–water partition coefficient (Wildman–Crippen LogP) is 7.57. The lowest BCUT2D eigenvalue weighted by atomic mass is 10.0. The molecule has 1 amide bonds. The Morgan fingerprint density at radius 3 is 2.05 bits per heavy atom. The lowest BCUT2D eigenvalue weighted by Gasteiger charge is -2.19. The van der Waals surface area contributed by atoms with Gasteiger partial charge in [0.2, 0.25) is 0 Å². The molecule has 0 radical (unpaired) electrons. The summed E-state index contributed by atoms with van der Waals surface area (Å²) in [5.74, 6) is -5.48. The average Bonchev–Trinajstić information content (AvgIpc) is 3.22. The Labute approximate surface area is 241 Å². The lowest BCUT2D eigenvalue weighted by molar-refractivity contribution is -0.138. The zero-order valence-electron chi connectivity index (χ0n) is 21.6. The summed E-state index contributed by atoms with van der Waals surface area (Å²) in [6, 6.07) is 9.50. The van der Waals surface area contributed by atoms with Crippen molar-refractivity contribution < 1.29 is 54.9 Å². The molecule has 44 heavy (non-hydrogen) atoms. The standard InChI is InChI=1S/C29H15F8N3O4/c30-16-11-19(13-1-8-21(31)20(9-13)27(43)44)25(41)22(12-16)38-39-24-18-7-4-15(29(35,36)37)10-23(18)40(26(24)42)17-5-2-14(3-6-17)28(32,33)34/h1-12,38,41H,(H,43,44)/b39-24-. The van der Waals surface area contributed by atoms with Crippen molar-refractivity contribution in [2.45, 2.75) is 12.4 Å². The van der Waals surface area contributed by atoms with E-state index >= 15 is 0 Å². The number of carboxylic acids is 1. The molecule has 0 saturated heterocycles. The van der Waals surface area contributed by atoms with E-state index < -0.39 is 69.7 Å². The van der Waals surface area contributed by atoms with Gasteiger partial charge in [-0.05, 0) is 66.2 Å². The van der Waals surface area contributed by atoms with E-state index in [1.54, 1.807) is 0 Å². The first-order chi connectivity index (χ1) is 20.6. The summed E-state index contributed by atoms with van der Waals surface area (Å²) in [6.45, 7) is 0. The van der Waals surface area contributed by atoms with Gasteiger partial charge in [-0.1, -0.05) is 6.07 Å². The molecule has 0 bridgehead atoms. The van der Waals surface area contributed by atoms with Gasteiger partial charge >= 0.3 is 18.3 Å². The van der Waals surface area contributed by atoms with Crippen molar-refractivity contribution >= 4 is 34.7 Å². The zero-order valence-corrected chi connectivity index (χ0v) is 21.6. The Morgan fingerprint density at radius 1 is 0.795 bits per heavy atom. The van der Waals surface area contributed by atoms with Crippen LogP contribution in [0, 0.1) is 11.6 Å². The van der Waals surface area contributed by atoms with E-state index in [0.717, 1.165) is 48.5 Å². The van der Waals surface area contributed by atoms with E-state index in [9.17, 15) is 54.9 Å². The Hall–Kier alpha value is -5.47. The minimum Gasteiger partial charge on any atom is -0.505 e. The highest BCUT2D eigenvalue weighted by molar-refractivity contribution is 6.55. The zero-order chi connectivity index (χ0) is 32.1. The normalized spacial score (nSPS) is 14.2. The molecule has 5 rings (SSSR count). The molecule has 0 spiro atoms. The maximum Gasteiger partial charge on any atom is 0.416 e. The maximum atomic E-state index is 14.6. The third-order valence-corrected chi connectivity index (χ3v) is 6.55. The number of amides is 1. The SMILES string of the molecule is O=C(O)c1cc(-c2cc(F)cc(N/N=C3\C(=O)N(c4ccc(C(F)(F)F)cc4)c4cc(C(F)(F)F)ccc43)c2O)ccc1F. The van der Waals surface area contributed by atoms with E-state index in [1.807, 2.05) is 0 Å². The number of nitrogens with zero attached hydrogens (tertiary/aromatic N) is 2. The first-order valence-electron chi connectivity index (χ1n) is 12.2. The van der Waals surface area contributed by atoms with Crippen LogP contribution in [0.25, 0.3) is 11.1 Å². The topological polar surface area (TPSA) is 102 Å². The van der Waals surface area contributed by atoms with Gasteiger partial charge in [0, 0.05) is 22.9 Å². The summed E-state index contributed by atoms with van der Waals surface area (Å²) in [5.41, 5.74) is -2.89. The summed E-state index contributed by atoms with van der Waals surface area (Å²) in [6.07, 6.45) is -9.56. The van der Waals surface area contributed by atoms with Gasteiger partial charge in [0.25, 0.3) is 5.91 Å². The van der Waals surface area contributed by atoms with Gasteiger partial charge in [0.05, 0.1) is 22.4 Å². The number of hydrogen-bond acceptors (Lipinski definition) is 5. The second-order valence-corrected chi connectivity index (χ2v) is 9.34. The summed E-state index contributed by atoms with van der Waals surface area (Å²) >= 11 is 0. The molecule has 15 heteroatoms. The largest absolute Gasteiger partial charge is 0.505 e. The molecule has 226 valence electrons. The van der Waals surface area contributed by atoms with E-state index in [4.69, 9.17) is 0 Å². The number of anilines is 3. The number of rotatable bonds is 5. The summed E-state index contributed by atoms with van der Waals surface area (Å²) in [7, 11) is 0. The van der Waals surface area contributed by atoms with Gasteiger partial charge in [0.1, 0.15) is 23.1 Å². The van der Waals surface area contributed by atoms with Crippen LogP contribution in [0.15, 0.2) is 77.9 Å². The number of halogens is 8. The van der Waals surface area contributed by atoms with Crippen LogP contribution in [0.5, 0.6) is 5.75 Å².